The lowest BCUT2D eigenvalue weighted by Crippen LogP contribution is -2.17. The first-order valence-corrected chi connectivity index (χ1v) is 14.4. The Labute approximate surface area is 224 Å². The van der Waals surface area contributed by atoms with Gasteiger partial charge in [-0.15, -0.1) is 0 Å². The minimum atomic E-state index is 0.473. The van der Waals surface area contributed by atoms with Crippen molar-refractivity contribution in [1.29, 1.82) is 0 Å². The van der Waals surface area contributed by atoms with E-state index < -0.39 is 0 Å². The maximum atomic E-state index is 5.95. The number of hydrogen-bond acceptors (Lipinski definition) is 6. The zero-order valence-electron chi connectivity index (χ0n) is 21.9. The Hall–Kier alpha value is -3.61. The Morgan fingerprint density at radius 2 is 1.53 bits per heavy atom. The van der Waals surface area contributed by atoms with Crippen molar-refractivity contribution in [1.82, 2.24) is 19.6 Å². The van der Waals surface area contributed by atoms with Crippen LogP contribution in [0, 0.1) is 5.92 Å². The second kappa shape index (κ2) is 10.3. The average molecular weight is 509 g/mol. The molecule has 0 radical (unpaired) electrons. The van der Waals surface area contributed by atoms with E-state index in [-0.39, 0.29) is 0 Å². The highest BCUT2D eigenvalue weighted by atomic mass is 16.5. The molecule has 1 aromatic carbocycles. The minimum Gasteiger partial charge on any atom is -0.493 e. The van der Waals surface area contributed by atoms with Gasteiger partial charge >= 0.3 is 0 Å². The summed E-state index contributed by atoms with van der Waals surface area (Å²) in [5, 5.41) is 12.4. The van der Waals surface area contributed by atoms with E-state index in [1.165, 1.54) is 64.2 Å². The van der Waals surface area contributed by atoms with Crippen LogP contribution in [-0.2, 0) is 0 Å². The first-order valence-electron chi connectivity index (χ1n) is 14.4. The molecular weight excluding hydrogens is 472 g/mol. The molecule has 196 valence electrons. The molecule has 3 aromatic heterocycles. The monoisotopic (exact) mass is 508 g/mol. The van der Waals surface area contributed by atoms with Gasteiger partial charge in [0.25, 0.3) is 0 Å². The SMILES string of the molecule is c1cc(-c2ccc(NC3CCCC3)n3nc(-c4ccc(OCC5CC5)cc4)cc23)nc(NC2CCCC2)n1. The largest absolute Gasteiger partial charge is 0.493 e. The van der Waals surface area contributed by atoms with Crippen LogP contribution in [0.2, 0.25) is 0 Å². The summed E-state index contributed by atoms with van der Waals surface area (Å²) in [5.74, 6) is 3.41. The molecule has 38 heavy (non-hydrogen) atoms. The molecule has 0 unspecified atom stereocenters. The van der Waals surface area contributed by atoms with Gasteiger partial charge in [0.05, 0.1) is 23.5 Å². The van der Waals surface area contributed by atoms with Crippen molar-refractivity contribution in [2.24, 2.45) is 5.92 Å². The van der Waals surface area contributed by atoms with Gasteiger partial charge in [0, 0.05) is 29.4 Å². The third-order valence-corrected chi connectivity index (χ3v) is 8.28. The van der Waals surface area contributed by atoms with E-state index in [1.54, 1.807) is 0 Å². The van der Waals surface area contributed by atoms with E-state index in [2.05, 4.69) is 62.6 Å². The van der Waals surface area contributed by atoms with E-state index in [0.717, 1.165) is 52.1 Å². The number of rotatable bonds is 9. The van der Waals surface area contributed by atoms with Crippen LogP contribution in [-0.4, -0.2) is 38.3 Å². The Morgan fingerprint density at radius 1 is 0.789 bits per heavy atom. The van der Waals surface area contributed by atoms with Crippen LogP contribution < -0.4 is 15.4 Å². The number of aromatic nitrogens is 4. The maximum absolute atomic E-state index is 5.95. The molecule has 7 nitrogen and oxygen atoms in total. The molecule has 4 aromatic rings. The number of nitrogens with zero attached hydrogens (tertiary/aromatic N) is 4. The second-order valence-corrected chi connectivity index (χ2v) is 11.3. The molecule has 0 amide bonds. The lowest BCUT2D eigenvalue weighted by atomic mass is 10.1. The molecule has 3 aliphatic rings. The fourth-order valence-electron chi connectivity index (χ4n) is 5.87. The van der Waals surface area contributed by atoms with E-state index in [0.29, 0.717) is 18.0 Å². The summed E-state index contributed by atoms with van der Waals surface area (Å²) in [6.07, 6.45) is 14.4. The number of nitrogens with one attached hydrogen (secondary N) is 2. The van der Waals surface area contributed by atoms with Gasteiger partial charge < -0.3 is 15.4 Å². The van der Waals surface area contributed by atoms with Crippen molar-refractivity contribution in [3.05, 3.63) is 54.7 Å². The van der Waals surface area contributed by atoms with Gasteiger partial charge in [-0.1, -0.05) is 25.7 Å². The Bertz CT molecular complexity index is 1400. The van der Waals surface area contributed by atoms with Gasteiger partial charge in [-0.05, 0) is 93.0 Å². The van der Waals surface area contributed by atoms with Crippen molar-refractivity contribution < 1.29 is 4.74 Å². The van der Waals surface area contributed by atoms with Gasteiger partial charge in [-0.3, -0.25) is 0 Å². The predicted octanol–water partition coefficient (Wildman–Crippen LogP) is 6.96. The van der Waals surface area contributed by atoms with Gasteiger partial charge in [-0.2, -0.15) is 5.10 Å². The summed E-state index contributed by atoms with van der Waals surface area (Å²) in [4.78, 5) is 9.44. The third kappa shape index (κ3) is 5.06. The molecule has 0 spiro atoms. The molecule has 7 heteroatoms. The summed E-state index contributed by atoms with van der Waals surface area (Å²) < 4.78 is 8.02. The topological polar surface area (TPSA) is 76.4 Å². The molecule has 3 saturated carbocycles. The Morgan fingerprint density at radius 3 is 2.26 bits per heavy atom. The number of ether oxygens (including phenoxy) is 1. The fraction of sp³-hybridized carbons (Fsp3) is 0.452. The van der Waals surface area contributed by atoms with Crippen LogP contribution in [0.25, 0.3) is 28.0 Å². The zero-order chi connectivity index (χ0) is 25.3. The minimum absolute atomic E-state index is 0.473. The molecule has 0 aliphatic heterocycles. The van der Waals surface area contributed by atoms with E-state index >= 15 is 0 Å². The van der Waals surface area contributed by atoms with Gasteiger partial charge in [0.15, 0.2) is 0 Å². The van der Waals surface area contributed by atoms with E-state index in [1.807, 2.05) is 12.3 Å². The highest BCUT2D eigenvalue weighted by Crippen LogP contribution is 2.33. The van der Waals surface area contributed by atoms with Crippen LogP contribution in [0.3, 0.4) is 0 Å². The van der Waals surface area contributed by atoms with Gasteiger partial charge in [0.1, 0.15) is 11.6 Å². The van der Waals surface area contributed by atoms with Crippen LogP contribution >= 0.6 is 0 Å². The first kappa shape index (κ1) is 23.5. The second-order valence-electron chi connectivity index (χ2n) is 11.3. The normalized spacial score (nSPS) is 18.3. The average Bonchev–Trinajstić information content (AvgIpc) is 3.31. The number of anilines is 2. The van der Waals surface area contributed by atoms with Crippen LogP contribution in [0.4, 0.5) is 11.8 Å². The number of benzene rings is 1. The Balaban J connectivity index is 1.23. The summed E-state index contributed by atoms with van der Waals surface area (Å²) in [6.45, 7) is 0.823. The fourth-order valence-corrected chi connectivity index (χ4v) is 5.87. The number of fused-ring (bicyclic) bond motifs is 1. The van der Waals surface area contributed by atoms with Crippen molar-refractivity contribution in [2.75, 3.05) is 17.2 Å². The zero-order valence-corrected chi connectivity index (χ0v) is 21.9. The molecule has 0 bridgehead atoms. The molecule has 3 fully saturated rings. The van der Waals surface area contributed by atoms with Crippen LogP contribution in [0.5, 0.6) is 5.75 Å². The standard InChI is InChI=1S/C31H36N6O/c1-2-6-23(5-1)33-30-16-15-26(27-17-18-32-31(35-27)34-24-7-3-4-8-24)29-19-28(36-37(29)30)22-11-13-25(14-12-22)38-20-21-9-10-21/h11-19,21,23-24,33H,1-10,20H2,(H,32,34,35). The maximum Gasteiger partial charge on any atom is 0.223 e. The lowest BCUT2D eigenvalue weighted by Gasteiger charge is -2.16. The summed E-state index contributed by atoms with van der Waals surface area (Å²) in [7, 11) is 0. The van der Waals surface area contributed by atoms with Crippen LogP contribution in [0.1, 0.15) is 64.2 Å². The molecule has 2 N–H and O–H groups in total. The summed E-state index contributed by atoms with van der Waals surface area (Å²) >= 11 is 0. The van der Waals surface area contributed by atoms with Crippen molar-refractivity contribution in [3.8, 4) is 28.3 Å². The van der Waals surface area contributed by atoms with Crippen molar-refractivity contribution in [2.45, 2.75) is 76.3 Å². The quantitative estimate of drug-likeness (QED) is 0.255. The van der Waals surface area contributed by atoms with Crippen molar-refractivity contribution >= 4 is 17.3 Å². The van der Waals surface area contributed by atoms with E-state index in [9.17, 15) is 0 Å². The van der Waals surface area contributed by atoms with Gasteiger partial charge in [0.2, 0.25) is 5.95 Å². The summed E-state index contributed by atoms with van der Waals surface area (Å²) in [6, 6.07) is 17.8. The molecule has 3 aliphatic carbocycles. The highest BCUT2D eigenvalue weighted by Gasteiger charge is 2.22. The predicted molar refractivity (Wildman–Crippen MR) is 152 cm³/mol. The molecular formula is C31H36N6O. The van der Waals surface area contributed by atoms with E-state index in [4.69, 9.17) is 14.8 Å². The number of hydrogen-bond donors (Lipinski definition) is 2. The molecule has 0 atom stereocenters. The third-order valence-electron chi connectivity index (χ3n) is 8.28. The first-order chi connectivity index (χ1) is 18.8. The van der Waals surface area contributed by atoms with Gasteiger partial charge in [-0.25, -0.2) is 14.5 Å². The lowest BCUT2D eigenvalue weighted by molar-refractivity contribution is 0.300. The highest BCUT2D eigenvalue weighted by molar-refractivity contribution is 5.83. The number of pyridine rings is 1. The molecule has 0 saturated heterocycles. The smallest absolute Gasteiger partial charge is 0.223 e. The summed E-state index contributed by atoms with van der Waals surface area (Å²) in [5.41, 5.74) is 5.04. The Kier molecular flexibility index (Phi) is 6.35. The van der Waals surface area contributed by atoms with Crippen LogP contribution in [0.15, 0.2) is 54.7 Å². The molecule has 7 rings (SSSR count). The van der Waals surface area contributed by atoms with Crippen molar-refractivity contribution in [3.63, 3.8) is 0 Å². The molecule has 3 heterocycles.